The average Bonchev–Trinajstić information content (AvgIpc) is 2.42. The molecule has 0 spiro atoms. The summed E-state index contributed by atoms with van der Waals surface area (Å²) in [5.41, 5.74) is 0.239. The van der Waals surface area contributed by atoms with Crippen molar-refractivity contribution in [2.24, 2.45) is 0 Å². The van der Waals surface area contributed by atoms with Gasteiger partial charge < -0.3 is 9.84 Å². The molecule has 2 aromatic carbocycles. The van der Waals surface area contributed by atoms with E-state index in [1.165, 1.54) is 24.3 Å². The maximum Gasteiger partial charge on any atom is 0.387 e. The van der Waals surface area contributed by atoms with Crippen LogP contribution in [0.25, 0.3) is 0 Å². The zero-order valence-electron chi connectivity index (χ0n) is 10.4. The fraction of sp³-hybridized carbons (Fsp3) is 0.143. The molecular weight excluding hydrogens is 312 g/mol. The average molecular weight is 321 g/mol. The molecule has 2 aromatic rings. The summed E-state index contributed by atoms with van der Waals surface area (Å²) >= 11 is 5.76. The second-order valence-corrected chi connectivity index (χ2v) is 4.55. The highest BCUT2D eigenvalue weighted by Crippen LogP contribution is 2.31. The lowest BCUT2D eigenvalue weighted by Crippen LogP contribution is -2.04. The second kappa shape index (κ2) is 6.32. The normalized spacial score (nSPS) is 12.5. The van der Waals surface area contributed by atoms with E-state index in [0.717, 1.165) is 12.1 Å². The quantitative estimate of drug-likeness (QED) is 0.672. The summed E-state index contributed by atoms with van der Waals surface area (Å²) in [6.45, 7) is -2.96. The van der Waals surface area contributed by atoms with E-state index >= 15 is 0 Å². The summed E-state index contributed by atoms with van der Waals surface area (Å²) in [5, 5.41) is 9.95. The Morgan fingerprint density at radius 2 is 1.57 bits per heavy atom. The lowest BCUT2D eigenvalue weighted by atomic mass is 10.0. The number of halogens is 5. The molecule has 0 fully saturated rings. The molecule has 0 radical (unpaired) electrons. The van der Waals surface area contributed by atoms with Crippen LogP contribution in [0, 0.1) is 11.6 Å². The Bertz CT molecular complexity index is 632. The number of alkyl halides is 2. The van der Waals surface area contributed by atoms with Crippen LogP contribution in [0.5, 0.6) is 5.75 Å². The van der Waals surface area contributed by atoms with Gasteiger partial charge in [0.15, 0.2) is 11.6 Å². The van der Waals surface area contributed by atoms with Crippen LogP contribution in [-0.4, -0.2) is 11.7 Å². The first-order chi connectivity index (χ1) is 9.88. The lowest BCUT2D eigenvalue weighted by molar-refractivity contribution is -0.0498. The Balaban J connectivity index is 2.27. The number of rotatable bonds is 4. The van der Waals surface area contributed by atoms with E-state index in [2.05, 4.69) is 4.74 Å². The van der Waals surface area contributed by atoms with Gasteiger partial charge in [-0.15, -0.1) is 0 Å². The fourth-order valence-electron chi connectivity index (χ4n) is 1.76. The molecule has 0 aliphatic heterocycles. The Morgan fingerprint density at radius 3 is 2.14 bits per heavy atom. The van der Waals surface area contributed by atoms with Crippen molar-refractivity contribution in [1.29, 1.82) is 0 Å². The van der Waals surface area contributed by atoms with Crippen LogP contribution in [-0.2, 0) is 0 Å². The minimum atomic E-state index is -2.96. The van der Waals surface area contributed by atoms with Gasteiger partial charge in [-0.3, -0.25) is 0 Å². The number of benzene rings is 2. The van der Waals surface area contributed by atoms with Crippen LogP contribution in [0.2, 0.25) is 5.02 Å². The molecule has 0 heterocycles. The smallest absolute Gasteiger partial charge is 0.387 e. The van der Waals surface area contributed by atoms with Crippen molar-refractivity contribution in [3.05, 3.63) is 64.2 Å². The molecule has 0 saturated heterocycles. The van der Waals surface area contributed by atoms with Crippen molar-refractivity contribution < 1.29 is 27.4 Å². The van der Waals surface area contributed by atoms with Crippen molar-refractivity contribution in [2.75, 3.05) is 0 Å². The fourth-order valence-corrected chi connectivity index (χ4v) is 2.01. The van der Waals surface area contributed by atoms with Crippen LogP contribution in [0.4, 0.5) is 17.6 Å². The van der Waals surface area contributed by atoms with Gasteiger partial charge in [-0.2, -0.15) is 8.78 Å². The third-order valence-corrected chi connectivity index (χ3v) is 3.08. The lowest BCUT2D eigenvalue weighted by Gasteiger charge is -2.14. The zero-order chi connectivity index (χ0) is 15.6. The summed E-state index contributed by atoms with van der Waals surface area (Å²) in [4.78, 5) is 0. The van der Waals surface area contributed by atoms with Crippen molar-refractivity contribution in [3.8, 4) is 5.75 Å². The second-order valence-electron chi connectivity index (χ2n) is 4.14. The third kappa shape index (κ3) is 3.65. The highest BCUT2D eigenvalue weighted by atomic mass is 35.5. The largest absolute Gasteiger partial charge is 0.435 e. The molecule has 112 valence electrons. The minimum Gasteiger partial charge on any atom is -0.435 e. The van der Waals surface area contributed by atoms with Crippen LogP contribution >= 0.6 is 11.6 Å². The molecule has 2 rings (SSSR count). The molecule has 0 aromatic heterocycles. The van der Waals surface area contributed by atoms with E-state index in [9.17, 15) is 22.7 Å². The van der Waals surface area contributed by atoms with E-state index in [1.54, 1.807) is 0 Å². The van der Waals surface area contributed by atoms with Crippen LogP contribution < -0.4 is 4.74 Å². The van der Waals surface area contributed by atoms with Crippen LogP contribution in [0.15, 0.2) is 36.4 Å². The van der Waals surface area contributed by atoms with E-state index in [0.29, 0.717) is 0 Å². The standard InChI is InChI=1S/C14H9ClF4O2/c15-10-6-12(17)11(16)5-9(10)13(20)7-1-3-8(4-2-7)21-14(18)19/h1-6,13-14,20H. The Labute approximate surface area is 122 Å². The Hall–Kier alpha value is -1.79. The molecule has 0 aliphatic carbocycles. The molecule has 1 unspecified atom stereocenters. The van der Waals surface area contributed by atoms with Gasteiger partial charge in [0.1, 0.15) is 11.9 Å². The topological polar surface area (TPSA) is 29.5 Å². The monoisotopic (exact) mass is 320 g/mol. The molecule has 0 bridgehead atoms. The van der Waals surface area contributed by atoms with Gasteiger partial charge in [0.05, 0.1) is 0 Å². The van der Waals surface area contributed by atoms with E-state index < -0.39 is 24.3 Å². The Kier molecular flexibility index (Phi) is 4.69. The number of aliphatic hydroxyl groups excluding tert-OH is 1. The zero-order valence-corrected chi connectivity index (χ0v) is 11.1. The number of ether oxygens (including phenoxy) is 1. The van der Waals surface area contributed by atoms with Crippen LogP contribution in [0.1, 0.15) is 17.2 Å². The first kappa shape index (κ1) is 15.6. The van der Waals surface area contributed by atoms with Gasteiger partial charge in [0, 0.05) is 10.6 Å². The summed E-state index contributed by atoms with van der Waals surface area (Å²) in [7, 11) is 0. The number of aliphatic hydroxyl groups is 1. The summed E-state index contributed by atoms with van der Waals surface area (Å²) in [6, 6.07) is 6.62. The summed E-state index contributed by atoms with van der Waals surface area (Å²) in [6.07, 6.45) is -1.33. The van der Waals surface area contributed by atoms with E-state index in [1.807, 2.05) is 0 Å². The molecule has 0 amide bonds. The van der Waals surface area contributed by atoms with E-state index in [4.69, 9.17) is 11.6 Å². The first-order valence-corrected chi connectivity index (χ1v) is 6.13. The number of hydrogen-bond acceptors (Lipinski definition) is 2. The molecular formula is C14H9ClF4O2. The summed E-state index contributed by atoms with van der Waals surface area (Å²) in [5.74, 6) is -2.36. The third-order valence-electron chi connectivity index (χ3n) is 2.76. The van der Waals surface area contributed by atoms with Gasteiger partial charge in [0.2, 0.25) is 0 Å². The van der Waals surface area contributed by atoms with Crippen LogP contribution in [0.3, 0.4) is 0 Å². The molecule has 0 saturated carbocycles. The maximum atomic E-state index is 13.2. The highest BCUT2D eigenvalue weighted by molar-refractivity contribution is 6.31. The maximum absolute atomic E-state index is 13.2. The van der Waals surface area contributed by atoms with Gasteiger partial charge in [0.25, 0.3) is 0 Å². The molecule has 7 heteroatoms. The van der Waals surface area contributed by atoms with E-state index in [-0.39, 0.29) is 21.9 Å². The van der Waals surface area contributed by atoms with Crippen molar-refractivity contribution >= 4 is 11.6 Å². The van der Waals surface area contributed by atoms with Gasteiger partial charge in [-0.05, 0) is 29.8 Å². The highest BCUT2D eigenvalue weighted by Gasteiger charge is 2.17. The Morgan fingerprint density at radius 1 is 1.00 bits per heavy atom. The van der Waals surface area contributed by atoms with Crippen molar-refractivity contribution in [1.82, 2.24) is 0 Å². The molecule has 21 heavy (non-hydrogen) atoms. The van der Waals surface area contributed by atoms with Crippen molar-refractivity contribution in [2.45, 2.75) is 12.7 Å². The van der Waals surface area contributed by atoms with Gasteiger partial charge >= 0.3 is 6.61 Å². The first-order valence-electron chi connectivity index (χ1n) is 5.75. The minimum absolute atomic E-state index is 0.0295. The molecule has 1 atom stereocenters. The van der Waals surface area contributed by atoms with Gasteiger partial charge in [-0.25, -0.2) is 8.78 Å². The number of hydrogen-bond donors (Lipinski definition) is 1. The predicted octanol–water partition coefficient (Wildman–Crippen LogP) is 4.30. The molecule has 0 aliphatic rings. The SMILES string of the molecule is OC(c1ccc(OC(F)F)cc1)c1cc(F)c(F)cc1Cl. The summed E-state index contributed by atoms with van der Waals surface area (Å²) < 4.78 is 54.4. The van der Waals surface area contributed by atoms with Crippen molar-refractivity contribution in [3.63, 3.8) is 0 Å². The van der Waals surface area contributed by atoms with Gasteiger partial charge in [-0.1, -0.05) is 23.7 Å². The molecule has 2 nitrogen and oxygen atoms in total. The molecule has 1 N–H and O–H groups in total. The predicted molar refractivity (Wildman–Crippen MR) is 68.5 cm³/mol.